The summed E-state index contributed by atoms with van der Waals surface area (Å²) in [6.45, 7) is 2.58. The average Bonchev–Trinajstić information content (AvgIpc) is 2.51. The minimum Gasteiger partial charge on any atom is -0.403 e. The lowest BCUT2D eigenvalue weighted by atomic mass is 10.1. The summed E-state index contributed by atoms with van der Waals surface area (Å²) >= 11 is 0. The molecule has 0 radical (unpaired) electrons. The Hall–Kier alpha value is -2.91. The molecule has 0 aliphatic carbocycles. The fourth-order valence-electron chi connectivity index (χ4n) is 2.59. The Bertz CT molecular complexity index is 822. The SMILES string of the molecule is CC(=O)NC1CN(c2cc(-c3ccc(OC(F)(F)F)c(F)c3)ncn2)C1. The highest BCUT2D eigenvalue weighted by Gasteiger charge is 2.32. The molecule has 10 heteroatoms. The third kappa shape index (κ3) is 4.19. The van der Waals surface area contributed by atoms with Gasteiger partial charge in [-0.1, -0.05) is 0 Å². The van der Waals surface area contributed by atoms with E-state index in [0.717, 1.165) is 12.1 Å². The molecule has 1 fully saturated rings. The van der Waals surface area contributed by atoms with Crippen LogP contribution in [0, 0.1) is 5.82 Å². The second kappa shape index (κ2) is 6.77. The molecule has 2 aromatic rings. The van der Waals surface area contributed by atoms with E-state index in [-0.39, 0.29) is 11.9 Å². The van der Waals surface area contributed by atoms with Crippen LogP contribution in [0.3, 0.4) is 0 Å². The van der Waals surface area contributed by atoms with Crippen LogP contribution < -0.4 is 15.0 Å². The smallest absolute Gasteiger partial charge is 0.403 e. The molecule has 1 N–H and O–H groups in total. The van der Waals surface area contributed by atoms with E-state index in [0.29, 0.717) is 30.2 Å². The Morgan fingerprint density at radius 1 is 1.27 bits per heavy atom. The predicted molar refractivity (Wildman–Crippen MR) is 83.9 cm³/mol. The van der Waals surface area contributed by atoms with E-state index in [9.17, 15) is 22.4 Å². The summed E-state index contributed by atoms with van der Waals surface area (Å²) in [5.74, 6) is -1.59. The molecule has 2 heterocycles. The highest BCUT2D eigenvalue weighted by atomic mass is 19.4. The van der Waals surface area contributed by atoms with E-state index >= 15 is 0 Å². The number of hydrogen-bond acceptors (Lipinski definition) is 5. The van der Waals surface area contributed by atoms with Gasteiger partial charge in [-0.25, -0.2) is 14.4 Å². The van der Waals surface area contributed by atoms with Gasteiger partial charge < -0.3 is 15.0 Å². The largest absolute Gasteiger partial charge is 0.573 e. The highest BCUT2D eigenvalue weighted by molar-refractivity contribution is 5.74. The number of hydrogen-bond donors (Lipinski definition) is 1. The molecular weight excluding hydrogens is 356 g/mol. The molecule has 0 saturated carbocycles. The van der Waals surface area contributed by atoms with Crippen molar-refractivity contribution in [2.24, 2.45) is 0 Å². The standard InChI is InChI=1S/C16H14F4N4O2/c1-9(25)23-11-6-24(7-11)15-5-13(21-8-22-15)10-2-3-14(12(17)4-10)26-16(18,19)20/h2-5,8,11H,6-7H2,1H3,(H,23,25). The van der Waals surface area contributed by atoms with Crippen LogP contribution in [-0.4, -0.2) is 41.4 Å². The maximum absolute atomic E-state index is 13.9. The molecule has 1 aromatic heterocycles. The minimum absolute atomic E-state index is 0.0298. The highest BCUT2D eigenvalue weighted by Crippen LogP contribution is 2.30. The molecule has 3 rings (SSSR count). The maximum Gasteiger partial charge on any atom is 0.573 e. The Morgan fingerprint density at radius 3 is 2.62 bits per heavy atom. The quantitative estimate of drug-likeness (QED) is 0.838. The van der Waals surface area contributed by atoms with Gasteiger partial charge in [0.05, 0.1) is 11.7 Å². The third-order valence-electron chi connectivity index (χ3n) is 3.72. The fraction of sp³-hybridized carbons (Fsp3) is 0.312. The molecule has 26 heavy (non-hydrogen) atoms. The van der Waals surface area contributed by atoms with Gasteiger partial charge in [0.15, 0.2) is 11.6 Å². The number of anilines is 1. The van der Waals surface area contributed by atoms with Crippen molar-refractivity contribution >= 4 is 11.7 Å². The first-order valence-corrected chi connectivity index (χ1v) is 7.61. The van der Waals surface area contributed by atoms with Gasteiger partial charge in [0.25, 0.3) is 0 Å². The second-order valence-corrected chi connectivity index (χ2v) is 5.76. The summed E-state index contributed by atoms with van der Waals surface area (Å²) in [5.41, 5.74) is 0.648. The van der Waals surface area contributed by atoms with Crippen molar-refractivity contribution in [1.29, 1.82) is 0 Å². The van der Waals surface area contributed by atoms with Crippen LogP contribution in [0.4, 0.5) is 23.4 Å². The number of alkyl halides is 3. The number of carbonyl (C=O) groups excluding carboxylic acids is 1. The van der Waals surface area contributed by atoms with Gasteiger partial charge in [-0.2, -0.15) is 0 Å². The molecule has 1 aliphatic rings. The number of nitrogens with one attached hydrogen (secondary N) is 1. The average molecular weight is 370 g/mol. The molecule has 6 nitrogen and oxygen atoms in total. The number of amides is 1. The van der Waals surface area contributed by atoms with E-state index < -0.39 is 17.9 Å². The zero-order chi connectivity index (χ0) is 18.9. The zero-order valence-corrected chi connectivity index (χ0v) is 13.5. The van der Waals surface area contributed by atoms with Crippen molar-refractivity contribution in [3.8, 4) is 17.0 Å². The Morgan fingerprint density at radius 2 is 2.00 bits per heavy atom. The molecule has 1 aliphatic heterocycles. The van der Waals surface area contributed by atoms with Gasteiger partial charge in [0.1, 0.15) is 12.1 Å². The molecule has 0 unspecified atom stereocenters. The van der Waals surface area contributed by atoms with E-state index in [1.54, 1.807) is 6.07 Å². The van der Waals surface area contributed by atoms with Gasteiger partial charge in [-0.05, 0) is 18.2 Å². The molecule has 138 valence electrons. The summed E-state index contributed by atoms with van der Waals surface area (Å²) in [7, 11) is 0. The van der Waals surface area contributed by atoms with Crippen LogP contribution in [0.2, 0.25) is 0 Å². The molecule has 0 bridgehead atoms. The molecular formula is C16H14F4N4O2. The van der Waals surface area contributed by atoms with Gasteiger partial charge >= 0.3 is 6.36 Å². The van der Waals surface area contributed by atoms with Crippen LogP contribution >= 0.6 is 0 Å². The summed E-state index contributed by atoms with van der Waals surface area (Å²) in [4.78, 5) is 21.0. The number of aromatic nitrogens is 2. The summed E-state index contributed by atoms with van der Waals surface area (Å²) in [6, 6.07) is 4.73. The summed E-state index contributed by atoms with van der Waals surface area (Å²) in [5, 5.41) is 2.78. The number of halogens is 4. The summed E-state index contributed by atoms with van der Waals surface area (Å²) < 4.78 is 54.1. The van der Waals surface area contributed by atoms with Crippen molar-refractivity contribution in [1.82, 2.24) is 15.3 Å². The molecule has 0 atom stereocenters. The molecule has 1 aromatic carbocycles. The van der Waals surface area contributed by atoms with Crippen molar-refractivity contribution in [3.63, 3.8) is 0 Å². The normalized spacial score (nSPS) is 14.7. The lowest BCUT2D eigenvalue weighted by molar-refractivity contribution is -0.275. The maximum atomic E-state index is 13.9. The third-order valence-corrected chi connectivity index (χ3v) is 3.72. The topological polar surface area (TPSA) is 67.4 Å². The van der Waals surface area contributed by atoms with E-state index in [1.807, 2.05) is 4.90 Å². The van der Waals surface area contributed by atoms with Crippen LogP contribution in [0.25, 0.3) is 11.3 Å². The van der Waals surface area contributed by atoms with E-state index in [4.69, 9.17) is 0 Å². The Balaban J connectivity index is 1.74. The molecule has 0 spiro atoms. The van der Waals surface area contributed by atoms with Crippen LogP contribution in [0.15, 0.2) is 30.6 Å². The van der Waals surface area contributed by atoms with E-state index in [2.05, 4.69) is 20.0 Å². The van der Waals surface area contributed by atoms with Crippen molar-refractivity contribution in [3.05, 3.63) is 36.4 Å². The first-order chi connectivity index (χ1) is 12.2. The first kappa shape index (κ1) is 17.9. The predicted octanol–water partition coefficient (Wildman–Crippen LogP) is 2.51. The number of benzene rings is 1. The van der Waals surface area contributed by atoms with Crippen molar-refractivity contribution < 1.29 is 27.1 Å². The van der Waals surface area contributed by atoms with Gasteiger partial charge in [-0.3, -0.25) is 4.79 Å². The monoisotopic (exact) mass is 370 g/mol. The van der Waals surface area contributed by atoms with Crippen LogP contribution in [0.1, 0.15) is 6.92 Å². The number of nitrogens with zero attached hydrogens (tertiary/aromatic N) is 3. The Labute approximate surface area is 145 Å². The van der Waals surface area contributed by atoms with Gasteiger partial charge in [-0.15, -0.1) is 13.2 Å². The van der Waals surface area contributed by atoms with Gasteiger partial charge in [0.2, 0.25) is 5.91 Å². The number of rotatable bonds is 4. The first-order valence-electron chi connectivity index (χ1n) is 7.61. The lowest BCUT2D eigenvalue weighted by Gasteiger charge is -2.40. The van der Waals surface area contributed by atoms with Crippen molar-refractivity contribution in [2.45, 2.75) is 19.3 Å². The number of ether oxygens (including phenoxy) is 1. The zero-order valence-electron chi connectivity index (χ0n) is 13.5. The molecule has 1 amide bonds. The second-order valence-electron chi connectivity index (χ2n) is 5.76. The number of carbonyl (C=O) groups is 1. The minimum atomic E-state index is -4.97. The molecule has 1 saturated heterocycles. The van der Waals surface area contributed by atoms with Gasteiger partial charge in [0, 0.05) is 31.6 Å². The lowest BCUT2D eigenvalue weighted by Crippen LogP contribution is -2.59. The Kier molecular flexibility index (Phi) is 4.66. The summed E-state index contributed by atoms with van der Waals surface area (Å²) in [6.07, 6.45) is -3.68. The van der Waals surface area contributed by atoms with Crippen molar-refractivity contribution in [2.75, 3.05) is 18.0 Å². The fourth-order valence-corrected chi connectivity index (χ4v) is 2.59. The van der Waals surface area contributed by atoms with Crippen LogP contribution in [-0.2, 0) is 4.79 Å². The van der Waals surface area contributed by atoms with E-state index in [1.165, 1.54) is 19.3 Å². The van der Waals surface area contributed by atoms with Crippen LogP contribution in [0.5, 0.6) is 5.75 Å².